The van der Waals surface area contributed by atoms with Crippen LogP contribution in [0.5, 0.6) is 11.7 Å². The van der Waals surface area contributed by atoms with Gasteiger partial charge in [-0.15, -0.1) is 6.42 Å². The summed E-state index contributed by atoms with van der Waals surface area (Å²) >= 11 is 0. The summed E-state index contributed by atoms with van der Waals surface area (Å²) in [7, 11) is 0. The van der Waals surface area contributed by atoms with E-state index in [1.54, 1.807) is 6.07 Å². The maximum Gasteiger partial charge on any atom is 0.340 e. The SMILES string of the molecule is C#CC(C)(c1ccc(Oc2ccccc2F)o1)N(O)C(N)=O. The summed E-state index contributed by atoms with van der Waals surface area (Å²) in [6.07, 6.45) is 5.34. The molecule has 0 bridgehead atoms. The number of hydroxylamine groups is 2. The van der Waals surface area contributed by atoms with Gasteiger partial charge in [0.25, 0.3) is 5.95 Å². The highest BCUT2D eigenvalue weighted by Crippen LogP contribution is 2.33. The summed E-state index contributed by atoms with van der Waals surface area (Å²) < 4.78 is 24.1. The predicted octanol–water partition coefficient (Wildman–Crippen LogP) is 2.83. The Hall–Kier alpha value is -2.98. The number of carbonyl (C=O) groups excluding carboxylic acids is 1. The highest BCUT2D eigenvalue weighted by atomic mass is 19.1. The minimum absolute atomic E-state index is 0.0302. The van der Waals surface area contributed by atoms with Crippen LogP contribution in [-0.4, -0.2) is 16.3 Å². The number of rotatable bonds is 4. The standard InChI is InChI=1S/C15H13FN2O4/c1-3-15(2,18(20)14(17)19)12-8-9-13(22-12)21-11-7-5-4-6-10(11)16/h1,4-9,20H,2H3,(H2,17,19). The van der Waals surface area contributed by atoms with Gasteiger partial charge in [-0.25, -0.2) is 9.18 Å². The Kier molecular flexibility index (Phi) is 4.06. The maximum atomic E-state index is 13.5. The van der Waals surface area contributed by atoms with Gasteiger partial charge in [-0.05, 0) is 25.1 Å². The van der Waals surface area contributed by atoms with Crippen molar-refractivity contribution in [1.82, 2.24) is 5.06 Å². The zero-order valence-corrected chi connectivity index (χ0v) is 11.6. The number of ether oxygens (including phenoxy) is 1. The number of terminal acetylenes is 1. The van der Waals surface area contributed by atoms with Gasteiger partial charge in [0.15, 0.2) is 17.1 Å². The topological polar surface area (TPSA) is 88.9 Å². The summed E-state index contributed by atoms with van der Waals surface area (Å²) in [5.74, 6) is 1.58. The zero-order chi connectivity index (χ0) is 16.3. The number of halogens is 1. The molecule has 1 heterocycles. The first-order valence-electron chi connectivity index (χ1n) is 6.17. The van der Waals surface area contributed by atoms with E-state index in [1.807, 2.05) is 0 Å². The van der Waals surface area contributed by atoms with E-state index in [-0.39, 0.29) is 22.5 Å². The summed E-state index contributed by atoms with van der Waals surface area (Å²) in [6.45, 7) is 1.35. The Balaban J connectivity index is 2.30. The van der Waals surface area contributed by atoms with Gasteiger partial charge in [-0.1, -0.05) is 18.1 Å². The van der Waals surface area contributed by atoms with Crippen LogP contribution in [0.25, 0.3) is 0 Å². The Bertz CT molecular complexity index is 737. The van der Waals surface area contributed by atoms with Crippen LogP contribution in [-0.2, 0) is 5.54 Å². The van der Waals surface area contributed by atoms with Gasteiger partial charge >= 0.3 is 6.03 Å². The summed E-state index contributed by atoms with van der Waals surface area (Å²) in [5, 5.41) is 9.86. The Labute approximate surface area is 125 Å². The molecule has 2 aromatic rings. The van der Waals surface area contributed by atoms with E-state index in [0.29, 0.717) is 0 Å². The number of para-hydroxylation sites is 1. The van der Waals surface area contributed by atoms with Gasteiger partial charge < -0.3 is 14.9 Å². The number of hydrogen-bond acceptors (Lipinski definition) is 4. The van der Waals surface area contributed by atoms with Gasteiger partial charge in [-0.2, -0.15) is 5.06 Å². The largest absolute Gasteiger partial charge is 0.427 e. The Morgan fingerprint density at radius 1 is 1.45 bits per heavy atom. The van der Waals surface area contributed by atoms with Crippen LogP contribution in [0.4, 0.5) is 9.18 Å². The molecule has 1 atom stereocenters. The van der Waals surface area contributed by atoms with Gasteiger partial charge in [0.1, 0.15) is 5.76 Å². The highest BCUT2D eigenvalue weighted by Gasteiger charge is 2.37. The van der Waals surface area contributed by atoms with Crippen LogP contribution in [0.3, 0.4) is 0 Å². The maximum absolute atomic E-state index is 13.5. The Morgan fingerprint density at radius 2 is 2.14 bits per heavy atom. The lowest BCUT2D eigenvalue weighted by molar-refractivity contribution is -0.105. The number of carbonyl (C=O) groups is 1. The fourth-order valence-electron chi connectivity index (χ4n) is 1.73. The summed E-state index contributed by atoms with van der Waals surface area (Å²) in [6, 6.07) is 7.38. The molecule has 7 heteroatoms. The number of nitrogens with two attached hydrogens (primary N) is 1. The third-order valence-electron chi connectivity index (χ3n) is 3.02. The number of furan rings is 1. The van der Waals surface area contributed by atoms with E-state index in [9.17, 15) is 14.4 Å². The van der Waals surface area contributed by atoms with Crippen LogP contribution >= 0.6 is 0 Å². The van der Waals surface area contributed by atoms with Crippen LogP contribution < -0.4 is 10.5 Å². The molecule has 0 radical (unpaired) electrons. The Morgan fingerprint density at radius 3 is 2.73 bits per heavy atom. The van der Waals surface area contributed by atoms with Crippen molar-refractivity contribution in [3.8, 4) is 24.0 Å². The fourth-order valence-corrected chi connectivity index (χ4v) is 1.73. The smallest absolute Gasteiger partial charge is 0.340 e. The molecule has 6 nitrogen and oxygen atoms in total. The van der Waals surface area contributed by atoms with Crippen LogP contribution in [0.1, 0.15) is 12.7 Å². The van der Waals surface area contributed by atoms with E-state index in [2.05, 4.69) is 5.92 Å². The van der Waals surface area contributed by atoms with E-state index in [1.165, 1.54) is 37.3 Å². The quantitative estimate of drug-likeness (QED) is 0.516. The second-order valence-electron chi connectivity index (χ2n) is 4.52. The van der Waals surface area contributed by atoms with Crippen molar-refractivity contribution in [2.45, 2.75) is 12.5 Å². The molecule has 0 spiro atoms. The lowest BCUT2D eigenvalue weighted by Gasteiger charge is -2.28. The molecule has 114 valence electrons. The lowest BCUT2D eigenvalue weighted by Crippen LogP contribution is -2.46. The van der Waals surface area contributed by atoms with Gasteiger partial charge in [0.05, 0.1) is 0 Å². The summed E-state index contributed by atoms with van der Waals surface area (Å²) in [5.41, 5.74) is 3.38. The minimum Gasteiger partial charge on any atom is -0.427 e. The molecule has 3 N–H and O–H groups in total. The van der Waals surface area contributed by atoms with E-state index in [0.717, 1.165) is 0 Å². The zero-order valence-electron chi connectivity index (χ0n) is 11.6. The van der Waals surface area contributed by atoms with Crippen molar-refractivity contribution in [3.63, 3.8) is 0 Å². The van der Waals surface area contributed by atoms with Crippen LogP contribution in [0.15, 0.2) is 40.8 Å². The first-order valence-corrected chi connectivity index (χ1v) is 6.17. The molecule has 1 aromatic heterocycles. The van der Waals surface area contributed by atoms with Crippen molar-refractivity contribution in [2.75, 3.05) is 0 Å². The number of nitrogens with zero attached hydrogens (tertiary/aromatic N) is 1. The molecule has 0 saturated heterocycles. The molecule has 1 aromatic carbocycles. The summed E-state index contributed by atoms with van der Waals surface area (Å²) in [4.78, 5) is 11.1. The highest BCUT2D eigenvalue weighted by molar-refractivity contribution is 5.72. The number of amides is 2. The van der Waals surface area contributed by atoms with Crippen molar-refractivity contribution in [3.05, 3.63) is 48.0 Å². The van der Waals surface area contributed by atoms with Crippen molar-refractivity contribution < 1.29 is 23.5 Å². The monoisotopic (exact) mass is 304 g/mol. The first kappa shape index (κ1) is 15.4. The number of benzene rings is 1. The first-order chi connectivity index (χ1) is 10.4. The number of primary amides is 1. The molecule has 22 heavy (non-hydrogen) atoms. The predicted molar refractivity (Wildman–Crippen MR) is 74.6 cm³/mol. The average molecular weight is 304 g/mol. The van der Waals surface area contributed by atoms with E-state index >= 15 is 0 Å². The lowest BCUT2D eigenvalue weighted by atomic mass is 10.0. The third kappa shape index (κ3) is 2.73. The fraction of sp³-hybridized carbons (Fsp3) is 0.133. The van der Waals surface area contributed by atoms with Gasteiger partial charge in [-0.3, -0.25) is 5.21 Å². The molecular formula is C15H13FN2O4. The molecule has 0 aliphatic heterocycles. The molecule has 0 saturated carbocycles. The van der Waals surface area contributed by atoms with Crippen molar-refractivity contribution >= 4 is 6.03 Å². The van der Waals surface area contributed by atoms with Crippen molar-refractivity contribution in [1.29, 1.82) is 0 Å². The van der Waals surface area contributed by atoms with Crippen LogP contribution in [0.2, 0.25) is 0 Å². The minimum atomic E-state index is -1.62. The van der Waals surface area contributed by atoms with Crippen molar-refractivity contribution in [2.24, 2.45) is 5.73 Å². The molecule has 0 fully saturated rings. The van der Waals surface area contributed by atoms with Gasteiger partial charge in [0, 0.05) is 6.07 Å². The number of hydrogen-bond donors (Lipinski definition) is 2. The molecule has 2 amide bonds. The normalized spacial score (nSPS) is 13.0. The van der Waals surface area contributed by atoms with E-state index in [4.69, 9.17) is 21.3 Å². The molecule has 0 aliphatic rings. The third-order valence-corrected chi connectivity index (χ3v) is 3.02. The molecule has 1 unspecified atom stereocenters. The molecular weight excluding hydrogens is 291 g/mol. The number of urea groups is 1. The average Bonchev–Trinajstić information content (AvgIpc) is 2.97. The second kappa shape index (κ2) is 5.79. The molecule has 2 rings (SSSR count). The van der Waals surface area contributed by atoms with Gasteiger partial charge in [0.2, 0.25) is 0 Å². The van der Waals surface area contributed by atoms with Crippen LogP contribution in [0, 0.1) is 18.2 Å². The second-order valence-corrected chi connectivity index (χ2v) is 4.52. The molecule has 0 aliphatic carbocycles. The van der Waals surface area contributed by atoms with E-state index < -0.39 is 17.4 Å².